The molecule has 0 atom stereocenters. The van der Waals surface area contributed by atoms with Gasteiger partial charge in [0.1, 0.15) is 0 Å². The molecule has 0 aliphatic carbocycles. The van der Waals surface area contributed by atoms with Gasteiger partial charge in [0.25, 0.3) is 0 Å². The summed E-state index contributed by atoms with van der Waals surface area (Å²) in [5.74, 6) is -0.327. The van der Waals surface area contributed by atoms with E-state index in [1.807, 2.05) is 0 Å². The summed E-state index contributed by atoms with van der Waals surface area (Å²) in [6, 6.07) is 6.06. The number of benzene rings is 1. The molecule has 1 rings (SSSR count). The Balaban J connectivity index is 2.85. The Hall–Kier alpha value is -1.95. The van der Waals surface area contributed by atoms with Crippen LogP contribution in [0.15, 0.2) is 41.3 Å². The van der Waals surface area contributed by atoms with Crippen LogP contribution in [0.1, 0.15) is 0 Å². The standard InChI is InChI=1S/C9H8N2O3S/c1-2-9(12)10-7-3-5-8(6-4-7)11-15(13)14/h2-6H,1H2,(H,10,12). The van der Waals surface area contributed by atoms with Crippen LogP contribution in [0.3, 0.4) is 0 Å². The van der Waals surface area contributed by atoms with Gasteiger partial charge in [0.2, 0.25) is 5.91 Å². The van der Waals surface area contributed by atoms with Crippen molar-refractivity contribution in [3.8, 4) is 0 Å². The summed E-state index contributed by atoms with van der Waals surface area (Å²) in [7, 11) is -2.46. The monoisotopic (exact) mass is 224 g/mol. The molecule has 1 aromatic rings. The van der Waals surface area contributed by atoms with Crippen molar-refractivity contribution in [2.45, 2.75) is 0 Å². The van der Waals surface area contributed by atoms with Gasteiger partial charge < -0.3 is 5.32 Å². The second kappa shape index (κ2) is 5.06. The first-order valence-corrected chi connectivity index (χ1v) is 4.99. The molecule has 0 aliphatic heterocycles. The molecule has 0 radical (unpaired) electrons. The zero-order valence-corrected chi connectivity index (χ0v) is 8.49. The minimum atomic E-state index is -2.46. The maximum atomic E-state index is 10.9. The highest BCUT2D eigenvalue weighted by atomic mass is 32.2. The maximum absolute atomic E-state index is 10.9. The van der Waals surface area contributed by atoms with Crippen molar-refractivity contribution in [1.82, 2.24) is 0 Å². The Morgan fingerprint density at radius 3 is 2.40 bits per heavy atom. The maximum Gasteiger partial charge on any atom is 0.316 e. The van der Waals surface area contributed by atoms with Gasteiger partial charge in [-0.3, -0.25) is 4.79 Å². The average molecular weight is 224 g/mol. The van der Waals surface area contributed by atoms with Crippen molar-refractivity contribution in [1.29, 1.82) is 0 Å². The Morgan fingerprint density at radius 1 is 1.33 bits per heavy atom. The molecule has 78 valence electrons. The molecule has 1 amide bonds. The van der Waals surface area contributed by atoms with Gasteiger partial charge in [0.05, 0.1) is 5.69 Å². The molecule has 1 aromatic carbocycles. The lowest BCUT2D eigenvalue weighted by atomic mass is 10.3. The molecule has 1 N–H and O–H groups in total. The van der Waals surface area contributed by atoms with Crippen molar-refractivity contribution >= 4 is 27.8 Å². The van der Waals surface area contributed by atoms with Crippen molar-refractivity contribution in [2.75, 3.05) is 5.32 Å². The fraction of sp³-hybridized carbons (Fsp3) is 0. The van der Waals surface area contributed by atoms with Crippen molar-refractivity contribution in [3.05, 3.63) is 36.9 Å². The van der Waals surface area contributed by atoms with Gasteiger partial charge in [-0.1, -0.05) is 6.58 Å². The number of rotatable bonds is 3. The van der Waals surface area contributed by atoms with Crippen LogP contribution >= 0.6 is 0 Å². The molecule has 6 heteroatoms. The summed E-state index contributed by atoms with van der Waals surface area (Å²) in [5.41, 5.74) is 0.857. The first-order valence-electron chi connectivity index (χ1n) is 3.96. The van der Waals surface area contributed by atoms with Gasteiger partial charge in [-0.15, -0.1) is 4.36 Å². The van der Waals surface area contributed by atoms with Crippen molar-refractivity contribution in [2.24, 2.45) is 4.36 Å². The zero-order chi connectivity index (χ0) is 11.3. The molecule has 0 heterocycles. The lowest BCUT2D eigenvalue weighted by Gasteiger charge is -2.00. The van der Waals surface area contributed by atoms with Crippen LogP contribution in [0.4, 0.5) is 11.4 Å². The first-order chi connectivity index (χ1) is 7.11. The molecule has 0 aliphatic rings. The minimum absolute atomic E-state index is 0.305. The highest BCUT2D eigenvalue weighted by Crippen LogP contribution is 2.15. The Morgan fingerprint density at radius 2 is 1.93 bits per heavy atom. The smallest absolute Gasteiger partial charge is 0.316 e. The van der Waals surface area contributed by atoms with Gasteiger partial charge >= 0.3 is 10.5 Å². The lowest BCUT2D eigenvalue weighted by Crippen LogP contribution is -2.06. The fourth-order valence-corrected chi connectivity index (χ4v) is 1.18. The van der Waals surface area contributed by atoms with E-state index in [2.05, 4.69) is 16.3 Å². The highest BCUT2D eigenvalue weighted by molar-refractivity contribution is 7.61. The van der Waals surface area contributed by atoms with Crippen LogP contribution in [0, 0.1) is 0 Å². The zero-order valence-electron chi connectivity index (χ0n) is 7.67. The van der Waals surface area contributed by atoms with Crippen LogP contribution in [-0.4, -0.2) is 14.3 Å². The molecule has 15 heavy (non-hydrogen) atoms. The van der Waals surface area contributed by atoms with Crippen LogP contribution in [0.2, 0.25) is 0 Å². The molecule has 0 fully saturated rings. The van der Waals surface area contributed by atoms with Gasteiger partial charge in [0.15, 0.2) is 0 Å². The van der Waals surface area contributed by atoms with E-state index in [4.69, 9.17) is 0 Å². The fourth-order valence-electron chi connectivity index (χ4n) is 0.885. The quantitative estimate of drug-likeness (QED) is 0.790. The van der Waals surface area contributed by atoms with Crippen molar-refractivity contribution in [3.63, 3.8) is 0 Å². The van der Waals surface area contributed by atoms with E-state index in [0.29, 0.717) is 11.4 Å². The normalized spacial score (nSPS) is 9.07. The summed E-state index contributed by atoms with van der Waals surface area (Å²) < 4.78 is 23.7. The molecule has 0 aromatic heterocycles. The molecule has 0 saturated carbocycles. The Bertz CT molecular complexity index is 495. The number of hydrogen-bond donors (Lipinski definition) is 1. The number of anilines is 1. The number of amides is 1. The molecular weight excluding hydrogens is 216 g/mol. The molecule has 5 nitrogen and oxygen atoms in total. The number of carbonyl (C=O) groups is 1. The Kier molecular flexibility index (Phi) is 3.75. The predicted octanol–water partition coefficient (Wildman–Crippen LogP) is 1.51. The summed E-state index contributed by atoms with van der Waals surface area (Å²) in [6.45, 7) is 3.30. The molecule has 0 unspecified atom stereocenters. The first kappa shape index (κ1) is 11.1. The van der Waals surface area contributed by atoms with Crippen LogP contribution in [-0.2, 0) is 15.3 Å². The minimum Gasteiger partial charge on any atom is -0.323 e. The van der Waals surface area contributed by atoms with Gasteiger partial charge in [-0.25, -0.2) is 0 Å². The van der Waals surface area contributed by atoms with E-state index in [9.17, 15) is 13.2 Å². The summed E-state index contributed by atoms with van der Waals surface area (Å²) in [5, 5.41) is 2.52. The lowest BCUT2D eigenvalue weighted by molar-refractivity contribution is -0.111. The number of hydrogen-bond acceptors (Lipinski definition) is 4. The Labute approximate surface area is 88.1 Å². The summed E-state index contributed by atoms with van der Waals surface area (Å²) in [4.78, 5) is 10.9. The van der Waals surface area contributed by atoms with Crippen LogP contribution in [0.25, 0.3) is 0 Å². The largest absolute Gasteiger partial charge is 0.323 e. The second-order valence-electron chi connectivity index (χ2n) is 2.55. The molecule has 0 spiro atoms. The summed E-state index contributed by atoms with van der Waals surface area (Å²) in [6.07, 6.45) is 1.14. The van der Waals surface area contributed by atoms with E-state index >= 15 is 0 Å². The predicted molar refractivity (Wildman–Crippen MR) is 56.3 cm³/mol. The van der Waals surface area contributed by atoms with E-state index in [1.54, 1.807) is 12.1 Å². The number of nitrogens with zero attached hydrogens (tertiary/aromatic N) is 1. The van der Waals surface area contributed by atoms with E-state index in [0.717, 1.165) is 6.08 Å². The van der Waals surface area contributed by atoms with Crippen LogP contribution < -0.4 is 5.32 Å². The van der Waals surface area contributed by atoms with Gasteiger partial charge in [0, 0.05) is 5.69 Å². The number of nitrogens with one attached hydrogen (secondary N) is 1. The summed E-state index contributed by atoms with van der Waals surface area (Å²) >= 11 is 0. The third-order valence-electron chi connectivity index (χ3n) is 1.50. The number of carbonyl (C=O) groups excluding carboxylic acids is 1. The highest BCUT2D eigenvalue weighted by Gasteiger charge is 1.96. The molecule has 0 bridgehead atoms. The van der Waals surface area contributed by atoms with Crippen molar-refractivity contribution < 1.29 is 13.2 Å². The average Bonchev–Trinajstić information content (AvgIpc) is 2.20. The molecule has 0 saturated heterocycles. The second-order valence-corrected chi connectivity index (χ2v) is 3.17. The third-order valence-corrected chi connectivity index (χ3v) is 1.86. The van der Waals surface area contributed by atoms with E-state index in [-0.39, 0.29) is 5.91 Å². The van der Waals surface area contributed by atoms with Gasteiger partial charge in [-0.2, -0.15) is 8.42 Å². The van der Waals surface area contributed by atoms with E-state index in [1.165, 1.54) is 12.1 Å². The third kappa shape index (κ3) is 3.74. The van der Waals surface area contributed by atoms with Crippen LogP contribution in [0.5, 0.6) is 0 Å². The van der Waals surface area contributed by atoms with Gasteiger partial charge in [-0.05, 0) is 30.3 Å². The van der Waals surface area contributed by atoms with E-state index < -0.39 is 10.5 Å². The topological polar surface area (TPSA) is 75.6 Å². The molecular formula is C9H8N2O3S. The SMILES string of the molecule is C=CC(=O)Nc1ccc(N=S(=O)=O)cc1.